The van der Waals surface area contributed by atoms with E-state index in [2.05, 4.69) is 10.6 Å². The molecule has 5 nitrogen and oxygen atoms in total. The molecule has 0 bridgehead atoms. The van der Waals surface area contributed by atoms with Crippen LogP contribution in [0.4, 0.5) is 10.1 Å². The van der Waals surface area contributed by atoms with Crippen LogP contribution in [-0.4, -0.2) is 24.9 Å². The quantitative estimate of drug-likeness (QED) is 0.754. The average Bonchev–Trinajstić information content (AvgIpc) is 2.61. The second kappa shape index (κ2) is 8.39. The Morgan fingerprint density at radius 1 is 1.16 bits per heavy atom. The van der Waals surface area contributed by atoms with E-state index in [1.54, 1.807) is 31.2 Å². The third-order valence-corrected chi connectivity index (χ3v) is 3.88. The summed E-state index contributed by atoms with van der Waals surface area (Å²) >= 11 is 0. The fourth-order valence-electron chi connectivity index (χ4n) is 2.19. The molecule has 6 heteroatoms. The van der Waals surface area contributed by atoms with Crippen molar-refractivity contribution < 1.29 is 14.0 Å². The molecule has 132 valence electrons. The summed E-state index contributed by atoms with van der Waals surface area (Å²) < 4.78 is 13.7. The zero-order valence-electron chi connectivity index (χ0n) is 14.3. The van der Waals surface area contributed by atoms with Crippen LogP contribution < -0.4 is 16.4 Å². The number of anilines is 1. The van der Waals surface area contributed by atoms with E-state index in [0.29, 0.717) is 24.3 Å². The molecule has 4 N–H and O–H groups in total. The molecule has 2 aromatic rings. The molecule has 0 aromatic heterocycles. The molecule has 0 heterocycles. The van der Waals surface area contributed by atoms with Gasteiger partial charge in [-0.25, -0.2) is 4.39 Å². The topological polar surface area (TPSA) is 84.2 Å². The highest BCUT2D eigenvalue weighted by atomic mass is 19.1. The van der Waals surface area contributed by atoms with E-state index < -0.39 is 11.7 Å². The molecular formula is C19H22FN3O2. The molecule has 0 saturated carbocycles. The van der Waals surface area contributed by atoms with E-state index in [1.165, 1.54) is 18.2 Å². The van der Waals surface area contributed by atoms with Crippen LogP contribution in [-0.2, 0) is 0 Å². The van der Waals surface area contributed by atoms with Crippen LogP contribution in [0.5, 0.6) is 0 Å². The van der Waals surface area contributed by atoms with Gasteiger partial charge in [-0.3, -0.25) is 9.59 Å². The summed E-state index contributed by atoms with van der Waals surface area (Å²) in [4.78, 5) is 24.5. The van der Waals surface area contributed by atoms with Gasteiger partial charge in [-0.2, -0.15) is 0 Å². The average molecular weight is 343 g/mol. The van der Waals surface area contributed by atoms with Crippen LogP contribution in [0.1, 0.15) is 33.2 Å². The first-order valence-corrected chi connectivity index (χ1v) is 8.07. The zero-order chi connectivity index (χ0) is 18.4. The lowest BCUT2D eigenvalue weighted by Crippen LogP contribution is -2.31. The molecular weight excluding hydrogens is 321 g/mol. The fourth-order valence-corrected chi connectivity index (χ4v) is 2.19. The Bertz CT molecular complexity index is 777. The van der Waals surface area contributed by atoms with E-state index in [4.69, 9.17) is 5.73 Å². The highest BCUT2D eigenvalue weighted by Crippen LogP contribution is 2.19. The van der Waals surface area contributed by atoms with Crippen molar-refractivity contribution in [3.8, 4) is 0 Å². The molecule has 2 aromatic carbocycles. The van der Waals surface area contributed by atoms with Gasteiger partial charge >= 0.3 is 0 Å². The van der Waals surface area contributed by atoms with Crippen LogP contribution in [0.2, 0.25) is 0 Å². The standard InChI is InChI=1S/C19H22FN3O2/c1-12(10-21)11-22-18(24)14-8-7-13(2)17(9-14)23-19(25)15-5-3-4-6-16(15)20/h3-9,12H,10-11,21H2,1-2H3,(H,22,24)(H,23,25). The van der Waals surface area contributed by atoms with Crippen molar-refractivity contribution in [1.82, 2.24) is 5.32 Å². The largest absolute Gasteiger partial charge is 0.352 e. The summed E-state index contributed by atoms with van der Waals surface area (Å²) in [6, 6.07) is 10.7. The summed E-state index contributed by atoms with van der Waals surface area (Å²) in [5, 5.41) is 5.46. The summed E-state index contributed by atoms with van der Waals surface area (Å²) in [7, 11) is 0. The Morgan fingerprint density at radius 3 is 2.56 bits per heavy atom. The SMILES string of the molecule is Cc1ccc(C(=O)NCC(C)CN)cc1NC(=O)c1ccccc1F. The number of hydrogen-bond donors (Lipinski definition) is 3. The van der Waals surface area contributed by atoms with Crippen LogP contribution in [0.15, 0.2) is 42.5 Å². The van der Waals surface area contributed by atoms with Gasteiger partial charge in [-0.05, 0) is 49.2 Å². The number of carbonyl (C=O) groups is 2. The van der Waals surface area contributed by atoms with Crippen molar-refractivity contribution >= 4 is 17.5 Å². The number of carbonyl (C=O) groups excluding carboxylic acids is 2. The second-order valence-corrected chi connectivity index (χ2v) is 6.01. The lowest BCUT2D eigenvalue weighted by molar-refractivity contribution is 0.0947. The molecule has 0 aliphatic rings. The van der Waals surface area contributed by atoms with Gasteiger partial charge in [0.1, 0.15) is 5.82 Å². The lowest BCUT2D eigenvalue weighted by Gasteiger charge is -2.13. The molecule has 1 unspecified atom stereocenters. The van der Waals surface area contributed by atoms with Crippen molar-refractivity contribution in [3.05, 3.63) is 65.0 Å². The normalized spacial score (nSPS) is 11.7. The van der Waals surface area contributed by atoms with Crippen LogP contribution in [0.3, 0.4) is 0 Å². The number of aryl methyl sites for hydroxylation is 1. The third-order valence-electron chi connectivity index (χ3n) is 3.88. The second-order valence-electron chi connectivity index (χ2n) is 6.01. The molecule has 0 aliphatic heterocycles. The zero-order valence-corrected chi connectivity index (χ0v) is 14.3. The van der Waals surface area contributed by atoms with Crippen molar-refractivity contribution in [2.45, 2.75) is 13.8 Å². The minimum atomic E-state index is -0.595. The van der Waals surface area contributed by atoms with Crippen LogP contribution >= 0.6 is 0 Å². The minimum absolute atomic E-state index is 0.0477. The number of benzene rings is 2. The van der Waals surface area contributed by atoms with Crippen LogP contribution in [0, 0.1) is 18.7 Å². The molecule has 2 amide bonds. The van der Waals surface area contributed by atoms with Gasteiger partial charge in [0.15, 0.2) is 0 Å². The number of amides is 2. The Kier molecular flexibility index (Phi) is 6.25. The molecule has 2 rings (SSSR count). The van der Waals surface area contributed by atoms with E-state index in [1.807, 2.05) is 6.92 Å². The molecule has 0 fully saturated rings. The summed E-state index contributed by atoms with van der Waals surface area (Å²) in [5.74, 6) is -1.23. The predicted octanol–water partition coefficient (Wildman–Crippen LogP) is 2.71. The monoisotopic (exact) mass is 343 g/mol. The van der Waals surface area contributed by atoms with Gasteiger partial charge in [0, 0.05) is 17.8 Å². The van der Waals surface area contributed by atoms with Crippen LogP contribution in [0.25, 0.3) is 0 Å². The number of nitrogens with two attached hydrogens (primary N) is 1. The van der Waals surface area contributed by atoms with Crippen molar-refractivity contribution in [3.63, 3.8) is 0 Å². The first kappa shape index (κ1) is 18.6. The molecule has 0 aliphatic carbocycles. The first-order valence-electron chi connectivity index (χ1n) is 8.07. The van der Waals surface area contributed by atoms with Gasteiger partial charge in [-0.1, -0.05) is 25.1 Å². The smallest absolute Gasteiger partial charge is 0.258 e. The third kappa shape index (κ3) is 4.87. The molecule has 0 spiro atoms. The number of halogens is 1. The lowest BCUT2D eigenvalue weighted by atomic mass is 10.1. The number of rotatable bonds is 6. The van der Waals surface area contributed by atoms with Gasteiger partial charge < -0.3 is 16.4 Å². The molecule has 1 atom stereocenters. The Labute approximate surface area is 146 Å². The van der Waals surface area contributed by atoms with Gasteiger partial charge in [-0.15, -0.1) is 0 Å². The highest BCUT2D eigenvalue weighted by Gasteiger charge is 2.14. The van der Waals surface area contributed by atoms with E-state index in [9.17, 15) is 14.0 Å². The van der Waals surface area contributed by atoms with E-state index in [-0.39, 0.29) is 17.4 Å². The number of nitrogens with one attached hydrogen (secondary N) is 2. The maximum absolute atomic E-state index is 13.7. The highest BCUT2D eigenvalue weighted by molar-refractivity contribution is 6.05. The minimum Gasteiger partial charge on any atom is -0.352 e. The van der Waals surface area contributed by atoms with Crippen molar-refractivity contribution in [2.24, 2.45) is 11.7 Å². The van der Waals surface area contributed by atoms with Crippen molar-refractivity contribution in [1.29, 1.82) is 0 Å². The van der Waals surface area contributed by atoms with E-state index >= 15 is 0 Å². The van der Waals surface area contributed by atoms with E-state index in [0.717, 1.165) is 5.56 Å². The van der Waals surface area contributed by atoms with Gasteiger partial charge in [0.2, 0.25) is 0 Å². The Hall–Kier alpha value is -2.73. The Morgan fingerprint density at radius 2 is 1.88 bits per heavy atom. The molecule has 25 heavy (non-hydrogen) atoms. The maximum atomic E-state index is 13.7. The summed E-state index contributed by atoms with van der Waals surface area (Å²) in [6.07, 6.45) is 0. The van der Waals surface area contributed by atoms with Crippen molar-refractivity contribution in [2.75, 3.05) is 18.4 Å². The summed E-state index contributed by atoms with van der Waals surface area (Å²) in [5.41, 5.74) is 7.14. The van der Waals surface area contributed by atoms with Gasteiger partial charge in [0.25, 0.3) is 11.8 Å². The summed E-state index contributed by atoms with van der Waals surface area (Å²) in [6.45, 7) is 4.70. The first-order chi connectivity index (χ1) is 11.9. The fraction of sp³-hybridized carbons (Fsp3) is 0.263. The Balaban J connectivity index is 2.15. The molecule has 0 radical (unpaired) electrons. The molecule has 0 saturated heterocycles. The number of hydrogen-bond acceptors (Lipinski definition) is 3. The van der Waals surface area contributed by atoms with Gasteiger partial charge in [0.05, 0.1) is 5.56 Å². The predicted molar refractivity (Wildman–Crippen MR) is 96.1 cm³/mol. The maximum Gasteiger partial charge on any atom is 0.258 e.